The zero-order chi connectivity index (χ0) is 16.9. The van der Waals surface area contributed by atoms with E-state index in [1.807, 2.05) is 42.6 Å². The van der Waals surface area contributed by atoms with Crippen LogP contribution in [0.3, 0.4) is 0 Å². The van der Waals surface area contributed by atoms with E-state index in [4.69, 9.17) is 0 Å². The molecule has 0 saturated heterocycles. The Hall–Kier alpha value is -2.94. The lowest BCUT2D eigenvalue weighted by atomic mass is 10.0. The van der Waals surface area contributed by atoms with Gasteiger partial charge in [0.2, 0.25) is 5.91 Å². The van der Waals surface area contributed by atoms with Crippen molar-refractivity contribution in [2.75, 3.05) is 14.1 Å². The van der Waals surface area contributed by atoms with Gasteiger partial charge in [-0.25, -0.2) is 0 Å². The molecule has 2 aromatic carbocycles. The topological polar surface area (TPSA) is 33.2 Å². The van der Waals surface area contributed by atoms with E-state index in [1.54, 1.807) is 25.1 Å². The van der Waals surface area contributed by atoms with Gasteiger partial charge in [0.05, 0.1) is 5.69 Å². The third kappa shape index (κ3) is 3.69. The Bertz CT molecular complexity index is 874. The lowest BCUT2D eigenvalue weighted by Crippen LogP contribution is -2.18. The van der Waals surface area contributed by atoms with E-state index >= 15 is 0 Å². The molecule has 3 nitrogen and oxygen atoms in total. The van der Waals surface area contributed by atoms with Gasteiger partial charge in [-0.15, -0.1) is 0 Å². The Morgan fingerprint density at radius 1 is 1.04 bits per heavy atom. The Labute approximate surface area is 142 Å². The average Bonchev–Trinajstić information content (AvgIpc) is 2.61. The standard InChI is InChI=1S/C21H20N2O/c1-23(2)21(24)12-11-16-7-9-17(10-8-16)15-20-19-6-4-3-5-18(19)13-14-22-20/h3-14H,15H2,1-2H3/b12-11+. The number of pyridine rings is 1. The molecule has 0 radical (unpaired) electrons. The summed E-state index contributed by atoms with van der Waals surface area (Å²) in [6, 6.07) is 18.6. The van der Waals surface area contributed by atoms with Crippen LogP contribution in [0.1, 0.15) is 16.8 Å². The van der Waals surface area contributed by atoms with Crippen LogP contribution in [0.2, 0.25) is 0 Å². The first-order chi connectivity index (χ1) is 11.6. The Kier molecular flexibility index (Phi) is 4.71. The van der Waals surface area contributed by atoms with Crippen LogP contribution < -0.4 is 0 Å². The van der Waals surface area contributed by atoms with Crippen molar-refractivity contribution in [3.05, 3.63) is 83.7 Å². The minimum atomic E-state index is -0.0148. The van der Waals surface area contributed by atoms with Gasteiger partial charge in [-0.05, 0) is 28.7 Å². The Morgan fingerprint density at radius 2 is 1.79 bits per heavy atom. The van der Waals surface area contributed by atoms with Crippen LogP contribution in [0.25, 0.3) is 16.8 Å². The van der Waals surface area contributed by atoms with Gasteiger partial charge in [-0.1, -0.05) is 48.5 Å². The summed E-state index contributed by atoms with van der Waals surface area (Å²) in [4.78, 5) is 17.7. The van der Waals surface area contributed by atoms with Crippen molar-refractivity contribution >= 4 is 22.8 Å². The molecule has 0 spiro atoms. The number of carbonyl (C=O) groups is 1. The van der Waals surface area contributed by atoms with Crippen LogP contribution in [-0.2, 0) is 11.2 Å². The quantitative estimate of drug-likeness (QED) is 0.683. The maximum absolute atomic E-state index is 11.6. The molecule has 0 N–H and O–H groups in total. The molecule has 3 aromatic rings. The fourth-order valence-corrected chi connectivity index (χ4v) is 2.58. The largest absolute Gasteiger partial charge is 0.345 e. The molecule has 0 aliphatic rings. The first kappa shape index (κ1) is 15.9. The number of carbonyl (C=O) groups excluding carboxylic acids is 1. The van der Waals surface area contributed by atoms with E-state index in [1.165, 1.54) is 16.3 Å². The predicted octanol–water partition coefficient (Wildman–Crippen LogP) is 3.93. The summed E-state index contributed by atoms with van der Waals surface area (Å²) in [6.07, 6.45) is 6.08. The molecule has 0 unspecified atom stereocenters. The molecule has 24 heavy (non-hydrogen) atoms. The number of likely N-dealkylation sites (N-methyl/N-ethyl adjacent to an activating group) is 1. The van der Waals surface area contributed by atoms with Crippen LogP contribution in [0.4, 0.5) is 0 Å². The highest BCUT2D eigenvalue weighted by atomic mass is 16.2. The maximum Gasteiger partial charge on any atom is 0.246 e. The van der Waals surface area contributed by atoms with Crippen molar-refractivity contribution in [2.45, 2.75) is 6.42 Å². The molecule has 3 heteroatoms. The number of benzene rings is 2. The van der Waals surface area contributed by atoms with Crippen LogP contribution >= 0.6 is 0 Å². The van der Waals surface area contributed by atoms with Crippen molar-refractivity contribution in [2.24, 2.45) is 0 Å². The SMILES string of the molecule is CN(C)C(=O)/C=C/c1ccc(Cc2nccc3ccccc23)cc1. The smallest absolute Gasteiger partial charge is 0.246 e. The molecule has 1 amide bonds. The van der Waals surface area contributed by atoms with Gasteiger partial charge in [0.25, 0.3) is 0 Å². The van der Waals surface area contributed by atoms with Crippen molar-refractivity contribution in [3.8, 4) is 0 Å². The molecule has 0 saturated carbocycles. The van der Waals surface area contributed by atoms with Gasteiger partial charge in [0.1, 0.15) is 0 Å². The lowest BCUT2D eigenvalue weighted by Gasteiger charge is -2.07. The first-order valence-electron chi connectivity index (χ1n) is 7.94. The highest BCUT2D eigenvalue weighted by Crippen LogP contribution is 2.19. The molecule has 0 fully saturated rings. The molecule has 0 aliphatic heterocycles. The van der Waals surface area contributed by atoms with Crippen LogP contribution in [0.15, 0.2) is 66.9 Å². The van der Waals surface area contributed by atoms with Crippen LogP contribution in [0, 0.1) is 0 Å². The van der Waals surface area contributed by atoms with Crippen molar-refractivity contribution in [1.29, 1.82) is 0 Å². The third-order valence-corrected chi connectivity index (χ3v) is 3.97. The molecule has 3 rings (SSSR count). The van der Waals surface area contributed by atoms with Gasteiger partial charge >= 0.3 is 0 Å². The summed E-state index contributed by atoms with van der Waals surface area (Å²) in [5.41, 5.74) is 3.30. The minimum Gasteiger partial charge on any atom is -0.345 e. The summed E-state index contributed by atoms with van der Waals surface area (Å²) < 4.78 is 0. The van der Waals surface area contributed by atoms with Crippen molar-refractivity contribution < 1.29 is 4.79 Å². The molecule has 1 aromatic heterocycles. The molecular weight excluding hydrogens is 296 g/mol. The highest BCUT2D eigenvalue weighted by Gasteiger charge is 2.03. The minimum absolute atomic E-state index is 0.0148. The fraction of sp³-hybridized carbons (Fsp3) is 0.143. The van der Waals surface area contributed by atoms with E-state index in [0.717, 1.165) is 17.7 Å². The fourth-order valence-electron chi connectivity index (χ4n) is 2.58. The molecule has 1 heterocycles. The van der Waals surface area contributed by atoms with E-state index in [2.05, 4.69) is 29.2 Å². The van der Waals surface area contributed by atoms with Gasteiger partial charge in [-0.2, -0.15) is 0 Å². The second-order valence-electron chi connectivity index (χ2n) is 5.96. The lowest BCUT2D eigenvalue weighted by molar-refractivity contribution is -0.123. The summed E-state index contributed by atoms with van der Waals surface area (Å²) in [6.45, 7) is 0. The van der Waals surface area contributed by atoms with Crippen molar-refractivity contribution in [1.82, 2.24) is 9.88 Å². The Balaban J connectivity index is 1.78. The highest BCUT2D eigenvalue weighted by molar-refractivity contribution is 5.91. The number of amides is 1. The van der Waals surface area contributed by atoms with Crippen molar-refractivity contribution in [3.63, 3.8) is 0 Å². The number of rotatable bonds is 4. The van der Waals surface area contributed by atoms with Crippen LogP contribution in [-0.4, -0.2) is 29.9 Å². The summed E-state index contributed by atoms with van der Waals surface area (Å²) >= 11 is 0. The van der Waals surface area contributed by atoms with Gasteiger partial charge < -0.3 is 4.90 Å². The first-order valence-corrected chi connectivity index (χ1v) is 7.94. The van der Waals surface area contributed by atoms with E-state index in [-0.39, 0.29) is 5.91 Å². The second-order valence-corrected chi connectivity index (χ2v) is 5.96. The summed E-state index contributed by atoms with van der Waals surface area (Å²) in [7, 11) is 3.49. The molecular formula is C21H20N2O. The number of hydrogen-bond donors (Lipinski definition) is 0. The second kappa shape index (κ2) is 7.09. The summed E-state index contributed by atoms with van der Waals surface area (Å²) in [5.74, 6) is -0.0148. The van der Waals surface area contributed by atoms with Gasteiger partial charge in [0.15, 0.2) is 0 Å². The maximum atomic E-state index is 11.6. The van der Waals surface area contributed by atoms with Gasteiger partial charge in [-0.3, -0.25) is 9.78 Å². The zero-order valence-corrected chi connectivity index (χ0v) is 13.9. The number of hydrogen-bond acceptors (Lipinski definition) is 2. The Morgan fingerprint density at radius 3 is 2.54 bits per heavy atom. The molecule has 0 bridgehead atoms. The molecule has 120 valence electrons. The normalized spacial score (nSPS) is 11.1. The summed E-state index contributed by atoms with van der Waals surface area (Å²) in [5, 5.41) is 2.41. The third-order valence-electron chi connectivity index (χ3n) is 3.97. The molecule has 0 aliphatic carbocycles. The van der Waals surface area contributed by atoms with Crippen LogP contribution in [0.5, 0.6) is 0 Å². The van der Waals surface area contributed by atoms with E-state index in [0.29, 0.717) is 0 Å². The van der Waals surface area contributed by atoms with Gasteiger partial charge in [0, 0.05) is 38.2 Å². The zero-order valence-electron chi connectivity index (χ0n) is 13.9. The number of fused-ring (bicyclic) bond motifs is 1. The predicted molar refractivity (Wildman–Crippen MR) is 98.7 cm³/mol. The average molecular weight is 316 g/mol. The molecule has 0 atom stereocenters. The van der Waals surface area contributed by atoms with E-state index < -0.39 is 0 Å². The number of nitrogens with zero attached hydrogens (tertiary/aromatic N) is 2. The monoisotopic (exact) mass is 316 g/mol. The number of aromatic nitrogens is 1. The van der Waals surface area contributed by atoms with E-state index in [9.17, 15) is 4.79 Å².